The summed E-state index contributed by atoms with van der Waals surface area (Å²) < 4.78 is 5.21. The number of hydrogen-bond acceptors (Lipinski definition) is 6. The summed E-state index contributed by atoms with van der Waals surface area (Å²) in [5.41, 5.74) is 2.34. The molecule has 1 N–H and O–H groups in total. The van der Waals surface area contributed by atoms with E-state index in [2.05, 4.69) is 20.4 Å². The van der Waals surface area contributed by atoms with E-state index in [1.165, 1.54) is 0 Å². The molecule has 0 radical (unpaired) electrons. The molecule has 1 aliphatic rings. The molecule has 1 fully saturated rings. The average Bonchev–Trinajstić information content (AvgIpc) is 3.19. The van der Waals surface area contributed by atoms with Crippen LogP contribution in [0.5, 0.6) is 0 Å². The highest BCUT2D eigenvalue weighted by Gasteiger charge is 2.29. The molecular weight excluding hydrogens is 282 g/mol. The van der Waals surface area contributed by atoms with Crippen molar-refractivity contribution in [3.8, 4) is 0 Å². The van der Waals surface area contributed by atoms with Gasteiger partial charge in [0.2, 0.25) is 5.95 Å². The predicted molar refractivity (Wildman–Crippen MR) is 82.3 cm³/mol. The second-order valence-corrected chi connectivity index (χ2v) is 5.81. The van der Waals surface area contributed by atoms with Gasteiger partial charge < -0.3 is 14.7 Å². The second-order valence-electron chi connectivity index (χ2n) is 5.81. The lowest BCUT2D eigenvalue weighted by atomic mass is 10.2. The third-order valence-corrected chi connectivity index (χ3v) is 3.64. The minimum Gasteiger partial charge on any atom is -0.360 e. The van der Waals surface area contributed by atoms with E-state index in [9.17, 15) is 4.79 Å². The molecule has 22 heavy (non-hydrogen) atoms. The van der Waals surface area contributed by atoms with E-state index in [1.807, 2.05) is 32.8 Å². The maximum atomic E-state index is 12.3. The van der Waals surface area contributed by atoms with Crippen molar-refractivity contribution in [2.75, 3.05) is 24.3 Å². The van der Waals surface area contributed by atoms with Gasteiger partial charge in [0.1, 0.15) is 5.76 Å². The van der Waals surface area contributed by atoms with Gasteiger partial charge in [0.15, 0.2) is 5.69 Å². The van der Waals surface area contributed by atoms with Gasteiger partial charge >= 0.3 is 0 Å². The molecule has 0 unspecified atom stereocenters. The van der Waals surface area contributed by atoms with E-state index in [4.69, 9.17) is 4.52 Å². The maximum absolute atomic E-state index is 12.3. The SMILES string of the molecule is Cc1nc(N(C)C)nc(C)c1NC(=O)c1cc(C2CC2)on1. The molecule has 1 saturated carbocycles. The quantitative estimate of drug-likeness (QED) is 0.932. The number of aryl methyl sites for hydroxylation is 2. The first-order valence-corrected chi connectivity index (χ1v) is 7.26. The van der Waals surface area contributed by atoms with E-state index in [0.717, 1.165) is 30.0 Å². The molecule has 7 nitrogen and oxygen atoms in total. The third-order valence-electron chi connectivity index (χ3n) is 3.64. The number of nitrogens with zero attached hydrogens (tertiary/aromatic N) is 4. The summed E-state index contributed by atoms with van der Waals surface area (Å²) >= 11 is 0. The molecule has 0 saturated heterocycles. The summed E-state index contributed by atoms with van der Waals surface area (Å²) in [6.07, 6.45) is 2.21. The summed E-state index contributed by atoms with van der Waals surface area (Å²) in [6, 6.07) is 1.71. The van der Waals surface area contributed by atoms with Gasteiger partial charge in [-0.25, -0.2) is 9.97 Å². The fraction of sp³-hybridized carbons (Fsp3) is 0.467. The highest BCUT2D eigenvalue weighted by atomic mass is 16.5. The predicted octanol–water partition coefficient (Wildman–Crippen LogP) is 2.28. The van der Waals surface area contributed by atoms with Crippen LogP contribution >= 0.6 is 0 Å². The van der Waals surface area contributed by atoms with Crippen LogP contribution in [0.4, 0.5) is 11.6 Å². The molecule has 2 aromatic heterocycles. The van der Waals surface area contributed by atoms with E-state index < -0.39 is 0 Å². The molecule has 0 atom stereocenters. The molecule has 0 bridgehead atoms. The van der Waals surface area contributed by atoms with Gasteiger partial charge in [-0.15, -0.1) is 0 Å². The molecule has 116 valence electrons. The Kier molecular flexibility index (Phi) is 3.56. The van der Waals surface area contributed by atoms with Crippen molar-refractivity contribution in [3.63, 3.8) is 0 Å². The number of rotatable bonds is 4. The van der Waals surface area contributed by atoms with Crippen molar-refractivity contribution in [3.05, 3.63) is 28.9 Å². The second kappa shape index (κ2) is 5.40. The topological polar surface area (TPSA) is 84.2 Å². The zero-order chi connectivity index (χ0) is 15.9. The number of carbonyl (C=O) groups excluding carboxylic acids is 1. The highest BCUT2D eigenvalue weighted by Crippen LogP contribution is 2.40. The molecule has 1 aliphatic carbocycles. The fourth-order valence-electron chi connectivity index (χ4n) is 2.21. The van der Waals surface area contributed by atoms with Crippen LogP contribution in [-0.2, 0) is 0 Å². The van der Waals surface area contributed by atoms with Crippen LogP contribution in [0, 0.1) is 13.8 Å². The molecular formula is C15H19N5O2. The first kappa shape index (κ1) is 14.5. The van der Waals surface area contributed by atoms with Crippen LogP contribution in [0.1, 0.15) is 46.4 Å². The Bertz CT molecular complexity index is 695. The van der Waals surface area contributed by atoms with Crippen molar-refractivity contribution in [1.82, 2.24) is 15.1 Å². The molecule has 0 aromatic carbocycles. The summed E-state index contributed by atoms with van der Waals surface area (Å²) in [5, 5.41) is 6.67. The Hall–Kier alpha value is -2.44. The first-order valence-electron chi connectivity index (χ1n) is 7.26. The smallest absolute Gasteiger partial charge is 0.277 e. The van der Waals surface area contributed by atoms with Crippen LogP contribution in [0.15, 0.2) is 10.6 Å². The number of hydrogen-bond donors (Lipinski definition) is 1. The maximum Gasteiger partial charge on any atom is 0.277 e. The fourth-order valence-corrected chi connectivity index (χ4v) is 2.21. The molecule has 2 heterocycles. The largest absolute Gasteiger partial charge is 0.360 e. The van der Waals surface area contributed by atoms with E-state index in [-0.39, 0.29) is 11.6 Å². The van der Waals surface area contributed by atoms with Gasteiger partial charge in [-0.1, -0.05) is 5.16 Å². The average molecular weight is 301 g/mol. The van der Waals surface area contributed by atoms with Crippen LogP contribution in [0.3, 0.4) is 0 Å². The Morgan fingerprint density at radius 2 is 1.91 bits per heavy atom. The normalized spacial score (nSPS) is 14.0. The minimum absolute atomic E-state index is 0.289. The lowest BCUT2D eigenvalue weighted by Crippen LogP contribution is -2.18. The summed E-state index contributed by atoms with van der Waals surface area (Å²) in [4.78, 5) is 22.9. The molecule has 3 rings (SSSR count). The van der Waals surface area contributed by atoms with Gasteiger partial charge in [0.25, 0.3) is 5.91 Å². The van der Waals surface area contributed by atoms with Crippen molar-refractivity contribution in [2.24, 2.45) is 0 Å². The number of aromatic nitrogens is 3. The molecule has 2 aromatic rings. The first-order chi connectivity index (χ1) is 10.5. The summed E-state index contributed by atoms with van der Waals surface area (Å²) in [6.45, 7) is 3.69. The van der Waals surface area contributed by atoms with E-state index in [1.54, 1.807) is 6.07 Å². The number of nitrogens with one attached hydrogen (secondary N) is 1. The Balaban J connectivity index is 1.80. The summed E-state index contributed by atoms with van der Waals surface area (Å²) in [5.74, 6) is 1.53. The van der Waals surface area contributed by atoms with Crippen molar-refractivity contribution in [2.45, 2.75) is 32.6 Å². The van der Waals surface area contributed by atoms with Crippen LogP contribution < -0.4 is 10.2 Å². The number of amides is 1. The molecule has 0 aliphatic heterocycles. The van der Waals surface area contributed by atoms with Crippen LogP contribution in [0.25, 0.3) is 0 Å². The van der Waals surface area contributed by atoms with Crippen LogP contribution in [-0.4, -0.2) is 35.1 Å². The summed E-state index contributed by atoms with van der Waals surface area (Å²) in [7, 11) is 3.75. The third kappa shape index (κ3) is 2.79. The Labute approximate surface area is 128 Å². The monoisotopic (exact) mass is 301 g/mol. The van der Waals surface area contributed by atoms with E-state index >= 15 is 0 Å². The Morgan fingerprint density at radius 1 is 1.27 bits per heavy atom. The van der Waals surface area contributed by atoms with Crippen LogP contribution in [0.2, 0.25) is 0 Å². The molecule has 7 heteroatoms. The van der Waals surface area contributed by atoms with Crippen molar-refractivity contribution in [1.29, 1.82) is 0 Å². The number of anilines is 2. The van der Waals surface area contributed by atoms with Gasteiger partial charge in [-0.3, -0.25) is 4.79 Å². The van der Waals surface area contributed by atoms with Gasteiger partial charge in [0, 0.05) is 26.1 Å². The standard InChI is InChI=1S/C15H19N5O2/c1-8-13(9(2)17-15(16-8)20(3)4)18-14(21)11-7-12(22-19-11)10-5-6-10/h7,10H,5-6H2,1-4H3,(H,18,21). The lowest BCUT2D eigenvalue weighted by molar-refractivity contribution is 0.101. The molecule has 0 spiro atoms. The van der Waals surface area contributed by atoms with Crippen molar-refractivity contribution >= 4 is 17.5 Å². The van der Waals surface area contributed by atoms with Gasteiger partial charge in [0.05, 0.1) is 17.1 Å². The highest BCUT2D eigenvalue weighted by molar-refractivity contribution is 6.03. The lowest BCUT2D eigenvalue weighted by Gasteiger charge is -2.15. The van der Waals surface area contributed by atoms with Crippen molar-refractivity contribution < 1.29 is 9.32 Å². The zero-order valence-electron chi connectivity index (χ0n) is 13.2. The number of carbonyl (C=O) groups is 1. The zero-order valence-corrected chi connectivity index (χ0v) is 13.2. The Morgan fingerprint density at radius 3 is 2.45 bits per heavy atom. The van der Waals surface area contributed by atoms with E-state index in [0.29, 0.717) is 17.6 Å². The minimum atomic E-state index is -0.303. The molecule has 1 amide bonds. The van der Waals surface area contributed by atoms with Gasteiger partial charge in [-0.05, 0) is 26.7 Å². The van der Waals surface area contributed by atoms with Gasteiger partial charge in [-0.2, -0.15) is 0 Å².